The molecule has 9 heteroatoms. The van der Waals surface area contributed by atoms with E-state index in [-0.39, 0.29) is 12.4 Å². The SMILES string of the molecule is OC[C@H]1OC[C@H](Nc2cc(C(F)(F)F)ccn2)[C@@H](O)[C@H]1O. The van der Waals surface area contributed by atoms with Crippen LogP contribution in [0.15, 0.2) is 18.3 Å². The fourth-order valence-corrected chi connectivity index (χ4v) is 2.05. The van der Waals surface area contributed by atoms with Crippen LogP contribution in [0.4, 0.5) is 19.0 Å². The summed E-state index contributed by atoms with van der Waals surface area (Å²) in [6.45, 7) is -0.547. The van der Waals surface area contributed by atoms with E-state index in [1.54, 1.807) is 0 Å². The Morgan fingerprint density at radius 1 is 1.33 bits per heavy atom. The number of rotatable bonds is 3. The van der Waals surface area contributed by atoms with E-state index >= 15 is 0 Å². The van der Waals surface area contributed by atoms with Crippen LogP contribution < -0.4 is 5.32 Å². The molecule has 0 aromatic carbocycles. The third-order valence-electron chi connectivity index (χ3n) is 3.23. The van der Waals surface area contributed by atoms with E-state index in [9.17, 15) is 23.4 Å². The number of anilines is 1. The zero-order valence-corrected chi connectivity index (χ0v) is 10.8. The van der Waals surface area contributed by atoms with Gasteiger partial charge in [0.25, 0.3) is 0 Å². The van der Waals surface area contributed by atoms with Gasteiger partial charge in [-0.05, 0) is 12.1 Å². The van der Waals surface area contributed by atoms with Crippen molar-refractivity contribution in [3.05, 3.63) is 23.9 Å². The molecule has 0 aliphatic carbocycles. The van der Waals surface area contributed by atoms with Gasteiger partial charge in [-0.15, -0.1) is 0 Å². The molecule has 4 N–H and O–H groups in total. The van der Waals surface area contributed by atoms with Crippen LogP contribution in [0.3, 0.4) is 0 Å². The average molecular weight is 308 g/mol. The highest BCUT2D eigenvalue weighted by atomic mass is 19.4. The Labute approximate surface area is 118 Å². The third kappa shape index (κ3) is 3.62. The van der Waals surface area contributed by atoms with Crippen molar-refractivity contribution in [1.82, 2.24) is 4.98 Å². The van der Waals surface area contributed by atoms with E-state index in [0.29, 0.717) is 0 Å². The first kappa shape index (κ1) is 16.0. The van der Waals surface area contributed by atoms with E-state index < -0.39 is 42.7 Å². The van der Waals surface area contributed by atoms with Gasteiger partial charge in [0.2, 0.25) is 0 Å². The van der Waals surface area contributed by atoms with Gasteiger partial charge < -0.3 is 25.4 Å². The Morgan fingerprint density at radius 3 is 2.67 bits per heavy atom. The fraction of sp³-hybridized carbons (Fsp3) is 0.583. The van der Waals surface area contributed by atoms with Gasteiger partial charge in [-0.25, -0.2) is 4.98 Å². The lowest BCUT2D eigenvalue weighted by atomic mass is 9.98. The fourth-order valence-electron chi connectivity index (χ4n) is 2.05. The summed E-state index contributed by atoms with van der Waals surface area (Å²) in [6, 6.07) is 0.797. The highest BCUT2D eigenvalue weighted by Crippen LogP contribution is 2.30. The molecule has 0 unspecified atom stereocenters. The van der Waals surface area contributed by atoms with Gasteiger partial charge in [-0.1, -0.05) is 0 Å². The summed E-state index contributed by atoms with van der Waals surface area (Å²) in [5.41, 5.74) is -0.875. The largest absolute Gasteiger partial charge is 0.416 e. The second-order valence-corrected chi connectivity index (χ2v) is 4.71. The summed E-state index contributed by atoms with van der Waals surface area (Å²) in [5.74, 6) is -0.0906. The number of ether oxygens (including phenoxy) is 1. The first-order valence-corrected chi connectivity index (χ1v) is 6.21. The topological polar surface area (TPSA) is 94.8 Å². The lowest BCUT2D eigenvalue weighted by molar-refractivity contribution is -0.152. The van der Waals surface area contributed by atoms with Crippen LogP contribution in [0, 0.1) is 0 Å². The Hall–Kier alpha value is -1.42. The smallest absolute Gasteiger partial charge is 0.394 e. The first-order valence-electron chi connectivity index (χ1n) is 6.21. The van der Waals surface area contributed by atoms with E-state index in [1.165, 1.54) is 0 Å². The Kier molecular flexibility index (Phi) is 4.67. The summed E-state index contributed by atoms with van der Waals surface area (Å²) in [4.78, 5) is 3.74. The predicted molar refractivity (Wildman–Crippen MR) is 65.5 cm³/mol. The van der Waals surface area contributed by atoms with E-state index in [0.717, 1.165) is 18.3 Å². The van der Waals surface area contributed by atoms with E-state index in [1.807, 2.05) is 0 Å². The van der Waals surface area contributed by atoms with Gasteiger partial charge in [0.15, 0.2) is 0 Å². The van der Waals surface area contributed by atoms with Gasteiger partial charge in [0.05, 0.1) is 24.8 Å². The van der Waals surface area contributed by atoms with Crippen LogP contribution in [-0.2, 0) is 10.9 Å². The van der Waals surface area contributed by atoms with Gasteiger partial charge in [0.1, 0.15) is 24.1 Å². The molecule has 1 fully saturated rings. The quantitative estimate of drug-likeness (QED) is 0.628. The van der Waals surface area contributed by atoms with Crippen LogP contribution in [0.1, 0.15) is 5.56 Å². The molecule has 0 radical (unpaired) electrons. The number of halogens is 3. The van der Waals surface area contributed by atoms with Gasteiger partial charge in [0, 0.05) is 6.20 Å². The molecule has 2 rings (SSSR count). The molecule has 118 valence electrons. The maximum atomic E-state index is 12.6. The average Bonchev–Trinajstić information content (AvgIpc) is 2.44. The maximum absolute atomic E-state index is 12.6. The third-order valence-corrected chi connectivity index (χ3v) is 3.23. The minimum absolute atomic E-state index is 0.0820. The summed E-state index contributed by atoms with van der Waals surface area (Å²) < 4.78 is 42.9. The number of nitrogens with zero attached hydrogens (tertiary/aromatic N) is 1. The molecule has 1 aliphatic heterocycles. The van der Waals surface area contributed by atoms with Crippen molar-refractivity contribution in [1.29, 1.82) is 0 Å². The molecule has 1 aromatic heterocycles. The highest BCUT2D eigenvalue weighted by Gasteiger charge is 2.38. The molecule has 6 nitrogen and oxygen atoms in total. The molecule has 4 atom stereocenters. The lowest BCUT2D eigenvalue weighted by Crippen LogP contribution is -2.56. The number of aromatic nitrogens is 1. The molecular weight excluding hydrogens is 293 g/mol. The molecule has 2 heterocycles. The summed E-state index contributed by atoms with van der Waals surface area (Å²) in [6.07, 6.45) is -7.07. The Morgan fingerprint density at radius 2 is 2.05 bits per heavy atom. The predicted octanol–water partition coefficient (Wildman–Crippen LogP) is -0.00620. The second-order valence-electron chi connectivity index (χ2n) is 4.71. The van der Waals surface area contributed by atoms with Crippen LogP contribution in [0.5, 0.6) is 0 Å². The number of aliphatic hydroxyl groups excluding tert-OH is 3. The second kappa shape index (κ2) is 6.14. The van der Waals surface area contributed by atoms with Gasteiger partial charge in [-0.2, -0.15) is 13.2 Å². The highest BCUT2D eigenvalue weighted by molar-refractivity contribution is 5.40. The van der Waals surface area contributed by atoms with Crippen molar-refractivity contribution in [3.63, 3.8) is 0 Å². The van der Waals surface area contributed by atoms with Crippen LogP contribution >= 0.6 is 0 Å². The molecule has 1 aromatic rings. The van der Waals surface area contributed by atoms with Crippen LogP contribution in [-0.4, -0.2) is 57.9 Å². The van der Waals surface area contributed by atoms with E-state index in [4.69, 9.17) is 9.84 Å². The van der Waals surface area contributed by atoms with Crippen LogP contribution in [0.2, 0.25) is 0 Å². The zero-order valence-electron chi connectivity index (χ0n) is 10.8. The van der Waals surface area contributed by atoms with E-state index in [2.05, 4.69) is 10.3 Å². The van der Waals surface area contributed by atoms with Crippen molar-refractivity contribution < 1.29 is 33.2 Å². The van der Waals surface area contributed by atoms with Crippen LogP contribution in [0.25, 0.3) is 0 Å². The monoisotopic (exact) mass is 308 g/mol. The van der Waals surface area contributed by atoms with Crippen molar-refractivity contribution in [3.8, 4) is 0 Å². The van der Waals surface area contributed by atoms with Gasteiger partial charge in [-0.3, -0.25) is 0 Å². The normalized spacial score (nSPS) is 30.2. The molecule has 0 saturated carbocycles. The number of hydrogen-bond acceptors (Lipinski definition) is 6. The number of alkyl halides is 3. The van der Waals surface area contributed by atoms with Crippen molar-refractivity contribution in [2.24, 2.45) is 0 Å². The number of hydrogen-bond donors (Lipinski definition) is 4. The standard InChI is InChI=1S/C12H15F3N2O4/c13-12(14,15)6-1-2-16-9(3-6)17-7-5-21-8(4-18)11(20)10(7)19/h1-3,7-8,10-11,18-20H,4-5H2,(H,16,17)/t7-,8+,10+,11-/m0/s1. The molecule has 0 spiro atoms. The minimum atomic E-state index is -4.50. The molecule has 0 amide bonds. The summed E-state index contributed by atoms with van der Waals surface area (Å²) >= 11 is 0. The van der Waals surface area contributed by atoms with Crippen molar-refractivity contribution in [2.75, 3.05) is 18.5 Å². The summed E-state index contributed by atoms with van der Waals surface area (Å²) in [5, 5.41) is 31.1. The Balaban J connectivity index is 2.08. The maximum Gasteiger partial charge on any atom is 0.416 e. The molecule has 0 bridgehead atoms. The number of pyridine rings is 1. The van der Waals surface area contributed by atoms with Gasteiger partial charge >= 0.3 is 6.18 Å². The molecule has 1 aliphatic rings. The molecule has 21 heavy (non-hydrogen) atoms. The minimum Gasteiger partial charge on any atom is -0.394 e. The summed E-state index contributed by atoms with van der Waals surface area (Å²) in [7, 11) is 0. The molecular formula is C12H15F3N2O4. The van der Waals surface area contributed by atoms with Crippen molar-refractivity contribution in [2.45, 2.75) is 30.5 Å². The first-order chi connectivity index (χ1) is 9.82. The van der Waals surface area contributed by atoms with Crippen molar-refractivity contribution >= 4 is 5.82 Å². The number of aliphatic hydroxyl groups is 3. The number of nitrogens with one attached hydrogen (secondary N) is 1. The zero-order chi connectivity index (χ0) is 15.6. The molecule has 1 saturated heterocycles. The Bertz CT molecular complexity index is 486. The lowest BCUT2D eigenvalue weighted by Gasteiger charge is -2.37.